The van der Waals surface area contributed by atoms with Gasteiger partial charge in [-0.1, -0.05) is 13.3 Å². The molecule has 0 aliphatic heterocycles. The van der Waals surface area contributed by atoms with Crippen molar-refractivity contribution in [3.8, 4) is 0 Å². The van der Waals surface area contributed by atoms with E-state index in [0.29, 0.717) is 0 Å². The lowest BCUT2D eigenvalue weighted by atomic mass is 10.1. The first-order valence-electron chi connectivity index (χ1n) is 5.24. The predicted octanol–water partition coefficient (Wildman–Crippen LogP) is 2.31. The molecular weight excluding hydrogens is 160 g/mol. The summed E-state index contributed by atoms with van der Waals surface area (Å²) in [5.41, 5.74) is 2.69. The third kappa shape index (κ3) is 1.87. The van der Waals surface area contributed by atoms with Crippen LogP contribution in [0, 0.1) is 0 Å². The summed E-state index contributed by atoms with van der Waals surface area (Å²) in [5.74, 6) is 1.00. The maximum absolute atomic E-state index is 4.58. The summed E-state index contributed by atoms with van der Waals surface area (Å²) in [4.78, 5) is 8.92. The van der Waals surface area contributed by atoms with E-state index in [1.54, 1.807) is 0 Å². The van der Waals surface area contributed by atoms with E-state index in [1.165, 1.54) is 36.9 Å². The number of hydrogen-bond acceptors (Lipinski definition) is 2. The Balaban J connectivity index is 2.32. The molecular formula is C11H16N2. The lowest BCUT2D eigenvalue weighted by Crippen LogP contribution is -2.01. The van der Waals surface area contributed by atoms with E-state index >= 15 is 0 Å². The van der Waals surface area contributed by atoms with Crippen LogP contribution >= 0.6 is 0 Å². The topological polar surface area (TPSA) is 25.8 Å². The van der Waals surface area contributed by atoms with Crippen molar-refractivity contribution in [2.45, 2.75) is 45.4 Å². The van der Waals surface area contributed by atoms with Crippen LogP contribution in [0.15, 0.2) is 6.20 Å². The fraction of sp³-hybridized carbons (Fsp3) is 0.636. The number of rotatable bonds is 1. The molecule has 70 valence electrons. The van der Waals surface area contributed by atoms with Crippen LogP contribution in [0.5, 0.6) is 0 Å². The number of nitrogens with zero attached hydrogens (tertiary/aromatic N) is 2. The Morgan fingerprint density at radius 3 is 2.92 bits per heavy atom. The van der Waals surface area contributed by atoms with Gasteiger partial charge in [0.2, 0.25) is 0 Å². The average molecular weight is 176 g/mol. The number of aryl methyl sites for hydroxylation is 3. The molecule has 2 rings (SSSR count). The van der Waals surface area contributed by atoms with Gasteiger partial charge in [0.05, 0.1) is 0 Å². The second-order valence-corrected chi connectivity index (χ2v) is 3.67. The van der Waals surface area contributed by atoms with E-state index < -0.39 is 0 Å². The molecule has 0 spiro atoms. The number of aromatic nitrogens is 2. The molecule has 2 nitrogen and oxygen atoms in total. The third-order valence-corrected chi connectivity index (χ3v) is 2.68. The lowest BCUT2D eigenvalue weighted by Gasteiger charge is -2.04. The molecule has 0 saturated carbocycles. The van der Waals surface area contributed by atoms with Crippen LogP contribution in [0.3, 0.4) is 0 Å². The van der Waals surface area contributed by atoms with Crippen LogP contribution in [0.2, 0.25) is 0 Å². The van der Waals surface area contributed by atoms with Crippen LogP contribution in [0.4, 0.5) is 0 Å². The lowest BCUT2D eigenvalue weighted by molar-refractivity contribution is 0.708. The summed E-state index contributed by atoms with van der Waals surface area (Å²) in [6.07, 6.45) is 9.27. The van der Waals surface area contributed by atoms with Gasteiger partial charge in [-0.05, 0) is 31.2 Å². The van der Waals surface area contributed by atoms with Gasteiger partial charge in [0.15, 0.2) is 0 Å². The van der Waals surface area contributed by atoms with Gasteiger partial charge in [0.25, 0.3) is 0 Å². The summed E-state index contributed by atoms with van der Waals surface area (Å²) < 4.78 is 0. The minimum absolute atomic E-state index is 0.952. The van der Waals surface area contributed by atoms with E-state index in [2.05, 4.69) is 16.9 Å². The summed E-state index contributed by atoms with van der Waals surface area (Å²) >= 11 is 0. The fourth-order valence-corrected chi connectivity index (χ4v) is 1.86. The SMILES string of the molecule is CCc1ncc2c(n1)CCCCC2. The van der Waals surface area contributed by atoms with Gasteiger partial charge in [-0.25, -0.2) is 9.97 Å². The van der Waals surface area contributed by atoms with Gasteiger partial charge < -0.3 is 0 Å². The minimum atomic E-state index is 0.952. The maximum Gasteiger partial charge on any atom is 0.128 e. The van der Waals surface area contributed by atoms with Crippen molar-refractivity contribution in [3.63, 3.8) is 0 Å². The van der Waals surface area contributed by atoms with Gasteiger partial charge >= 0.3 is 0 Å². The van der Waals surface area contributed by atoms with Crippen molar-refractivity contribution in [1.82, 2.24) is 9.97 Å². The molecule has 0 aromatic carbocycles. The van der Waals surface area contributed by atoms with Gasteiger partial charge in [0.1, 0.15) is 5.82 Å². The van der Waals surface area contributed by atoms with Crippen molar-refractivity contribution in [3.05, 3.63) is 23.3 Å². The summed E-state index contributed by atoms with van der Waals surface area (Å²) in [6.45, 7) is 2.11. The van der Waals surface area contributed by atoms with Crippen molar-refractivity contribution >= 4 is 0 Å². The van der Waals surface area contributed by atoms with E-state index in [4.69, 9.17) is 0 Å². The summed E-state index contributed by atoms with van der Waals surface area (Å²) in [5, 5.41) is 0. The molecule has 0 unspecified atom stereocenters. The molecule has 0 fully saturated rings. The maximum atomic E-state index is 4.58. The summed E-state index contributed by atoms with van der Waals surface area (Å²) in [6, 6.07) is 0. The Morgan fingerprint density at radius 2 is 2.08 bits per heavy atom. The highest BCUT2D eigenvalue weighted by atomic mass is 14.9. The largest absolute Gasteiger partial charge is 0.241 e. The minimum Gasteiger partial charge on any atom is -0.241 e. The smallest absolute Gasteiger partial charge is 0.128 e. The van der Waals surface area contributed by atoms with Crippen molar-refractivity contribution in [2.24, 2.45) is 0 Å². The highest BCUT2D eigenvalue weighted by Crippen LogP contribution is 2.17. The molecule has 1 heterocycles. The van der Waals surface area contributed by atoms with Gasteiger partial charge in [-0.2, -0.15) is 0 Å². The van der Waals surface area contributed by atoms with Crippen LogP contribution in [-0.4, -0.2) is 9.97 Å². The van der Waals surface area contributed by atoms with Crippen molar-refractivity contribution in [1.29, 1.82) is 0 Å². The van der Waals surface area contributed by atoms with Gasteiger partial charge in [0, 0.05) is 18.3 Å². The van der Waals surface area contributed by atoms with Crippen LogP contribution in [-0.2, 0) is 19.3 Å². The molecule has 1 aromatic rings. The Hall–Kier alpha value is -0.920. The van der Waals surface area contributed by atoms with E-state index in [1.807, 2.05) is 6.20 Å². The normalized spacial score (nSPS) is 16.4. The predicted molar refractivity (Wildman–Crippen MR) is 52.7 cm³/mol. The second kappa shape index (κ2) is 3.86. The number of fused-ring (bicyclic) bond motifs is 1. The molecule has 0 radical (unpaired) electrons. The fourth-order valence-electron chi connectivity index (χ4n) is 1.86. The zero-order valence-electron chi connectivity index (χ0n) is 8.21. The highest BCUT2D eigenvalue weighted by Gasteiger charge is 2.09. The quantitative estimate of drug-likeness (QED) is 0.614. The third-order valence-electron chi connectivity index (χ3n) is 2.68. The first-order valence-corrected chi connectivity index (χ1v) is 5.24. The molecule has 1 aromatic heterocycles. The van der Waals surface area contributed by atoms with Crippen molar-refractivity contribution < 1.29 is 0 Å². The molecule has 13 heavy (non-hydrogen) atoms. The molecule has 0 bridgehead atoms. The van der Waals surface area contributed by atoms with E-state index in [9.17, 15) is 0 Å². The number of hydrogen-bond donors (Lipinski definition) is 0. The highest BCUT2D eigenvalue weighted by molar-refractivity contribution is 5.19. The molecule has 0 saturated heterocycles. The molecule has 1 aliphatic rings. The van der Waals surface area contributed by atoms with Crippen molar-refractivity contribution in [2.75, 3.05) is 0 Å². The zero-order chi connectivity index (χ0) is 9.10. The molecule has 0 atom stereocenters. The molecule has 2 heteroatoms. The van der Waals surface area contributed by atoms with Crippen LogP contribution in [0.1, 0.15) is 43.3 Å². The Kier molecular flexibility index (Phi) is 2.57. The van der Waals surface area contributed by atoms with Crippen LogP contribution in [0.25, 0.3) is 0 Å². The van der Waals surface area contributed by atoms with E-state index in [0.717, 1.165) is 18.7 Å². The molecule has 0 amide bonds. The Labute approximate surface area is 79.4 Å². The standard InChI is InChI=1S/C11H16N2/c1-2-11-12-8-9-6-4-3-5-7-10(9)13-11/h8H,2-7H2,1H3. The van der Waals surface area contributed by atoms with Gasteiger partial charge in [-0.3, -0.25) is 0 Å². The Morgan fingerprint density at radius 1 is 1.23 bits per heavy atom. The van der Waals surface area contributed by atoms with Gasteiger partial charge in [-0.15, -0.1) is 0 Å². The monoisotopic (exact) mass is 176 g/mol. The Bertz CT molecular complexity index is 294. The van der Waals surface area contributed by atoms with Crippen LogP contribution < -0.4 is 0 Å². The first kappa shape index (κ1) is 8.67. The summed E-state index contributed by atoms with van der Waals surface area (Å²) in [7, 11) is 0. The molecule has 0 N–H and O–H groups in total. The first-order chi connectivity index (χ1) is 6.40. The average Bonchev–Trinajstić information content (AvgIpc) is 2.41. The molecule has 1 aliphatic carbocycles. The second-order valence-electron chi connectivity index (χ2n) is 3.67. The zero-order valence-corrected chi connectivity index (χ0v) is 8.21. The van der Waals surface area contributed by atoms with E-state index in [-0.39, 0.29) is 0 Å².